The van der Waals surface area contributed by atoms with Gasteiger partial charge in [0, 0.05) is 12.6 Å². The van der Waals surface area contributed by atoms with Crippen molar-refractivity contribution in [3.8, 4) is 0 Å². The molecule has 1 aliphatic carbocycles. The van der Waals surface area contributed by atoms with E-state index >= 15 is 0 Å². The average molecular weight is 234 g/mol. The summed E-state index contributed by atoms with van der Waals surface area (Å²) in [6, 6.07) is 3.81. The summed E-state index contributed by atoms with van der Waals surface area (Å²) in [5.74, 6) is 1.49. The van der Waals surface area contributed by atoms with Crippen LogP contribution in [0.5, 0.6) is 0 Å². The van der Waals surface area contributed by atoms with Crippen molar-refractivity contribution in [2.75, 3.05) is 5.73 Å². The first-order valence-electron chi connectivity index (χ1n) is 6.42. The van der Waals surface area contributed by atoms with Gasteiger partial charge in [0.05, 0.1) is 5.60 Å². The molecule has 2 rings (SSSR count). The second-order valence-electron chi connectivity index (χ2n) is 5.66. The summed E-state index contributed by atoms with van der Waals surface area (Å²) in [6.07, 6.45) is 5.62. The van der Waals surface area contributed by atoms with Crippen molar-refractivity contribution < 1.29 is 5.11 Å². The minimum absolute atomic E-state index is 0.355. The number of nitrogen functional groups attached to an aromatic ring is 1. The number of aliphatic hydroxyl groups is 1. The first-order chi connectivity index (χ1) is 7.99. The molecule has 1 aliphatic rings. The average Bonchev–Trinajstić information content (AvgIpc) is 2.24. The largest absolute Gasteiger partial charge is 0.389 e. The molecule has 0 amide bonds. The standard InChI is InChI=1S/C14H22N2O/c1-10-3-4-11(2)14(17,8-10)9-12-5-6-16-13(15)7-12/h5-7,10-11,17H,3-4,8-9H2,1-2H3,(H2,15,16). The molecular weight excluding hydrogens is 212 g/mol. The van der Waals surface area contributed by atoms with Gasteiger partial charge in [-0.1, -0.05) is 20.3 Å². The van der Waals surface area contributed by atoms with Crippen LogP contribution in [0.4, 0.5) is 5.82 Å². The Balaban J connectivity index is 2.15. The Morgan fingerprint density at radius 1 is 1.47 bits per heavy atom. The van der Waals surface area contributed by atoms with Crippen LogP contribution >= 0.6 is 0 Å². The van der Waals surface area contributed by atoms with E-state index in [1.165, 1.54) is 6.42 Å². The predicted octanol–water partition coefficient (Wildman–Crippen LogP) is 2.39. The van der Waals surface area contributed by atoms with E-state index in [0.717, 1.165) is 18.4 Å². The molecule has 0 aromatic carbocycles. The number of hydrogen-bond donors (Lipinski definition) is 2. The SMILES string of the molecule is CC1CCC(C)C(O)(Cc2ccnc(N)c2)C1. The Labute approximate surface area is 103 Å². The van der Waals surface area contributed by atoms with E-state index in [2.05, 4.69) is 18.8 Å². The van der Waals surface area contributed by atoms with Crippen molar-refractivity contribution in [1.82, 2.24) is 4.98 Å². The molecule has 0 spiro atoms. The molecule has 1 heterocycles. The highest BCUT2D eigenvalue weighted by atomic mass is 16.3. The van der Waals surface area contributed by atoms with Crippen molar-refractivity contribution in [2.45, 2.75) is 45.1 Å². The van der Waals surface area contributed by atoms with Gasteiger partial charge in [-0.25, -0.2) is 4.98 Å². The third-order valence-electron chi connectivity index (χ3n) is 4.07. The van der Waals surface area contributed by atoms with Crippen molar-refractivity contribution in [3.63, 3.8) is 0 Å². The minimum atomic E-state index is -0.578. The van der Waals surface area contributed by atoms with Crippen LogP contribution in [0.1, 0.15) is 38.7 Å². The van der Waals surface area contributed by atoms with Gasteiger partial charge in [-0.05, 0) is 42.4 Å². The molecule has 1 aromatic rings. The summed E-state index contributed by atoms with van der Waals surface area (Å²) in [6.45, 7) is 4.37. The number of pyridine rings is 1. The lowest BCUT2D eigenvalue weighted by atomic mass is 9.69. The highest BCUT2D eigenvalue weighted by Gasteiger charge is 2.38. The quantitative estimate of drug-likeness (QED) is 0.826. The van der Waals surface area contributed by atoms with E-state index in [1.807, 2.05) is 12.1 Å². The zero-order valence-corrected chi connectivity index (χ0v) is 10.7. The third-order valence-corrected chi connectivity index (χ3v) is 4.07. The molecule has 17 heavy (non-hydrogen) atoms. The van der Waals surface area contributed by atoms with E-state index in [9.17, 15) is 5.11 Å². The number of nitrogens with two attached hydrogens (primary N) is 1. The van der Waals surface area contributed by atoms with Gasteiger partial charge in [-0.3, -0.25) is 0 Å². The highest BCUT2D eigenvalue weighted by molar-refractivity contribution is 5.32. The summed E-state index contributed by atoms with van der Waals surface area (Å²) in [5, 5.41) is 10.8. The third kappa shape index (κ3) is 2.78. The number of hydrogen-bond acceptors (Lipinski definition) is 3. The Kier molecular flexibility index (Phi) is 3.38. The zero-order valence-electron chi connectivity index (χ0n) is 10.7. The van der Waals surface area contributed by atoms with Crippen LogP contribution in [-0.4, -0.2) is 15.7 Å². The van der Waals surface area contributed by atoms with Crippen LogP contribution in [0.2, 0.25) is 0 Å². The lowest BCUT2D eigenvalue weighted by Crippen LogP contribution is -2.43. The van der Waals surface area contributed by atoms with Crippen LogP contribution in [0.15, 0.2) is 18.3 Å². The monoisotopic (exact) mass is 234 g/mol. The zero-order chi connectivity index (χ0) is 12.5. The summed E-state index contributed by atoms with van der Waals surface area (Å²) in [5.41, 5.74) is 6.18. The number of rotatable bonds is 2. The molecule has 0 saturated heterocycles. The predicted molar refractivity (Wildman–Crippen MR) is 69.5 cm³/mol. The van der Waals surface area contributed by atoms with E-state index in [0.29, 0.717) is 24.1 Å². The van der Waals surface area contributed by atoms with Crippen LogP contribution < -0.4 is 5.73 Å². The molecule has 3 atom stereocenters. The summed E-state index contributed by atoms with van der Waals surface area (Å²) in [7, 11) is 0. The van der Waals surface area contributed by atoms with E-state index < -0.39 is 5.60 Å². The first kappa shape index (κ1) is 12.4. The molecule has 3 nitrogen and oxygen atoms in total. The van der Waals surface area contributed by atoms with Gasteiger partial charge < -0.3 is 10.8 Å². The fourth-order valence-corrected chi connectivity index (χ4v) is 2.91. The van der Waals surface area contributed by atoms with Gasteiger partial charge in [-0.15, -0.1) is 0 Å². The lowest BCUT2D eigenvalue weighted by Gasteiger charge is -2.41. The van der Waals surface area contributed by atoms with E-state index in [4.69, 9.17) is 5.73 Å². The topological polar surface area (TPSA) is 59.1 Å². The molecule has 94 valence electrons. The molecule has 3 heteroatoms. The fourth-order valence-electron chi connectivity index (χ4n) is 2.91. The van der Waals surface area contributed by atoms with Crippen LogP contribution in [0.25, 0.3) is 0 Å². The van der Waals surface area contributed by atoms with Crippen molar-refractivity contribution in [1.29, 1.82) is 0 Å². The lowest BCUT2D eigenvalue weighted by molar-refractivity contribution is -0.0560. The van der Waals surface area contributed by atoms with Crippen molar-refractivity contribution in [3.05, 3.63) is 23.9 Å². The molecule has 0 bridgehead atoms. The maximum atomic E-state index is 10.8. The number of nitrogens with zero attached hydrogens (tertiary/aromatic N) is 1. The molecule has 3 N–H and O–H groups in total. The van der Waals surface area contributed by atoms with E-state index in [-0.39, 0.29) is 0 Å². The highest BCUT2D eigenvalue weighted by Crippen LogP contribution is 2.39. The molecule has 1 fully saturated rings. The summed E-state index contributed by atoms with van der Waals surface area (Å²) in [4.78, 5) is 3.99. The van der Waals surface area contributed by atoms with Gasteiger partial charge in [0.25, 0.3) is 0 Å². The molecule has 0 radical (unpaired) electrons. The van der Waals surface area contributed by atoms with Crippen LogP contribution in [0, 0.1) is 11.8 Å². The van der Waals surface area contributed by atoms with Crippen LogP contribution in [-0.2, 0) is 6.42 Å². The van der Waals surface area contributed by atoms with Crippen molar-refractivity contribution in [2.24, 2.45) is 11.8 Å². The van der Waals surface area contributed by atoms with Gasteiger partial charge in [0.15, 0.2) is 0 Å². The van der Waals surface area contributed by atoms with Crippen LogP contribution in [0.3, 0.4) is 0 Å². The smallest absolute Gasteiger partial charge is 0.123 e. The summed E-state index contributed by atoms with van der Waals surface area (Å²) >= 11 is 0. The Morgan fingerprint density at radius 3 is 2.94 bits per heavy atom. The van der Waals surface area contributed by atoms with Gasteiger partial charge in [0.2, 0.25) is 0 Å². The maximum absolute atomic E-state index is 10.8. The number of anilines is 1. The number of aromatic nitrogens is 1. The molecule has 0 aliphatic heterocycles. The van der Waals surface area contributed by atoms with Crippen molar-refractivity contribution >= 4 is 5.82 Å². The Bertz CT molecular complexity index is 394. The minimum Gasteiger partial charge on any atom is -0.389 e. The molecular formula is C14H22N2O. The maximum Gasteiger partial charge on any atom is 0.123 e. The Hall–Kier alpha value is -1.09. The summed E-state index contributed by atoms with van der Waals surface area (Å²) < 4.78 is 0. The first-order valence-corrected chi connectivity index (χ1v) is 6.42. The molecule has 1 saturated carbocycles. The molecule has 3 unspecified atom stereocenters. The normalized spacial score (nSPS) is 33.6. The molecule has 1 aromatic heterocycles. The van der Waals surface area contributed by atoms with E-state index in [1.54, 1.807) is 6.20 Å². The van der Waals surface area contributed by atoms with Gasteiger partial charge in [0.1, 0.15) is 5.82 Å². The second kappa shape index (κ2) is 4.65. The fraction of sp³-hybridized carbons (Fsp3) is 0.643. The Morgan fingerprint density at radius 2 is 2.24 bits per heavy atom. The second-order valence-corrected chi connectivity index (χ2v) is 5.66. The van der Waals surface area contributed by atoms with Gasteiger partial charge in [-0.2, -0.15) is 0 Å². The van der Waals surface area contributed by atoms with Gasteiger partial charge >= 0.3 is 0 Å².